The van der Waals surface area contributed by atoms with Crippen molar-refractivity contribution >= 4 is 32.7 Å². The van der Waals surface area contributed by atoms with Crippen LogP contribution in [0.5, 0.6) is 0 Å². The Morgan fingerprint density at radius 2 is 1.92 bits per heavy atom. The summed E-state index contributed by atoms with van der Waals surface area (Å²) >= 11 is 5.77. The Labute approximate surface area is 141 Å². The molecule has 9 heteroatoms. The van der Waals surface area contributed by atoms with Gasteiger partial charge in [0.25, 0.3) is 0 Å². The molecule has 3 rings (SSSR count). The molecule has 0 aliphatic carbocycles. The topological polar surface area (TPSA) is 112 Å². The van der Waals surface area contributed by atoms with Crippen LogP contribution in [0.15, 0.2) is 56.6 Å². The van der Waals surface area contributed by atoms with Gasteiger partial charge in [0, 0.05) is 17.6 Å². The van der Waals surface area contributed by atoms with E-state index in [-0.39, 0.29) is 17.0 Å². The van der Waals surface area contributed by atoms with Crippen LogP contribution in [0.25, 0.3) is 11.1 Å². The van der Waals surface area contributed by atoms with Crippen molar-refractivity contribution in [2.24, 2.45) is 0 Å². The van der Waals surface area contributed by atoms with E-state index in [0.717, 1.165) is 0 Å². The van der Waals surface area contributed by atoms with Gasteiger partial charge in [-0.2, -0.15) is 0 Å². The molecule has 0 fully saturated rings. The molecule has 24 heavy (non-hydrogen) atoms. The van der Waals surface area contributed by atoms with Crippen molar-refractivity contribution in [2.75, 3.05) is 6.54 Å². The van der Waals surface area contributed by atoms with Crippen LogP contribution in [-0.4, -0.2) is 25.1 Å². The lowest BCUT2D eigenvalue weighted by molar-refractivity contribution is 0.182. The molecule has 0 spiro atoms. The molecule has 1 heterocycles. The smallest absolute Gasteiger partial charge is 0.408 e. The van der Waals surface area contributed by atoms with E-state index in [1.807, 2.05) is 0 Å². The predicted octanol–water partition coefficient (Wildman–Crippen LogP) is 1.79. The second-order valence-electron chi connectivity index (χ2n) is 5.09. The molecule has 0 bridgehead atoms. The van der Waals surface area contributed by atoms with Crippen LogP contribution in [-0.2, 0) is 10.0 Å². The van der Waals surface area contributed by atoms with Gasteiger partial charge in [0.1, 0.15) is 0 Å². The van der Waals surface area contributed by atoms with E-state index in [1.165, 1.54) is 18.2 Å². The zero-order valence-electron chi connectivity index (χ0n) is 12.2. The number of halogens is 1. The lowest BCUT2D eigenvalue weighted by atomic mass is 10.1. The molecule has 1 aromatic heterocycles. The van der Waals surface area contributed by atoms with Crippen LogP contribution < -0.4 is 10.5 Å². The van der Waals surface area contributed by atoms with Gasteiger partial charge in [0.15, 0.2) is 5.58 Å². The number of sulfonamides is 1. The first-order valence-electron chi connectivity index (χ1n) is 6.91. The lowest BCUT2D eigenvalue weighted by Crippen LogP contribution is -2.28. The van der Waals surface area contributed by atoms with Gasteiger partial charge in [-0.1, -0.05) is 23.7 Å². The summed E-state index contributed by atoms with van der Waals surface area (Å²) < 4.78 is 31.8. The summed E-state index contributed by atoms with van der Waals surface area (Å²) in [5.74, 6) is -0.661. The maximum Gasteiger partial charge on any atom is 0.417 e. The Kier molecular flexibility index (Phi) is 4.46. The van der Waals surface area contributed by atoms with Gasteiger partial charge in [-0.15, -0.1) is 0 Å². The van der Waals surface area contributed by atoms with Crippen LogP contribution in [0.3, 0.4) is 0 Å². The van der Waals surface area contributed by atoms with Gasteiger partial charge >= 0.3 is 5.76 Å². The number of hydrogen-bond acceptors (Lipinski definition) is 5. The highest BCUT2D eigenvalue weighted by molar-refractivity contribution is 7.89. The Morgan fingerprint density at radius 1 is 1.21 bits per heavy atom. The minimum Gasteiger partial charge on any atom is -0.408 e. The van der Waals surface area contributed by atoms with Gasteiger partial charge in [0.2, 0.25) is 10.0 Å². The first-order valence-corrected chi connectivity index (χ1v) is 8.77. The highest BCUT2D eigenvalue weighted by Gasteiger charge is 2.18. The van der Waals surface area contributed by atoms with E-state index in [9.17, 15) is 18.3 Å². The minimum atomic E-state index is -3.87. The summed E-state index contributed by atoms with van der Waals surface area (Å²) in [5.41, 5.74) is 1.08. The zero-order chi connectivity index (χ0) is 17.3. The summed E-state index contributed by atoms with van der Waals surface area (Å²) in [7, 11) is -3.87. The number of nitrogens with one attached hydrogen (secondary N) is 2. The van der Waals surface area contributed by atoms with Gasteiger partial charge in [-0.3, -0.25) is 4.98 Å². The first kappa shape index (κ1) is 16.7. The van der Waals surface area contributed by atoms with Gasteiger partial charge in [-0.05, 0) is 29.8 Å². The number of fused-ring (bicyclic) bond motifs is 1. The maximum atomic E-state index is 12.3. The summed E-state index contributed by atoms with van der Waals surface area (Å²) in [4.78, 5) is 13.5. The van der Waals surface area contributed by atoms with Crippen LogP contribution in [0.4, 0.5) is 0 Å². The number of rotatable bonds is 5. The SMILES string of the molecule is O=c1[nH]c2ccc(S(=O)(=O)NCC(O)c3ccc(Cl)cc3)cc2o1. The first-order chi connectivity index (χ1) is 11.3. The average molecular weight is 369 g/mol. The Hall–Kier alpha value is -2.13. The number of aliphatic hydroxyl groups is 1. The fraction of sp³-hybridized carbons (Fsp3) is 0.133. The quantitative estimate of drug-likeness (QED) is 0.635. The van der Waals surface area contributed by atoms with E-state index >= 15 is 0 Å². The molecule has 0 aliphatic rings. The summed E-state index contributed by atoms with van der Waals surface area (Å²) in [5, 5.41) is 10.6. The summed E-state index contributed by atoms with van der Waals surface area (Å²) in [6.07, 6.45) is -1.02. The fourth-order valence-corrected chi connectivity index (χ4v) is 3.35. The molecule has 3 aromatic rings. The van der Waals surface area contributed by atoms with Gasteiger partial charge in [-0.25, -0.2) is 17.9 Å². The summed E-state index contributed by atoms with van der Waals surface area (Å²) in [6, 6.07) is 10.5. The summed E-state index contributed by atoms with van der Waals surface area (Å²) in [6.45, 7) is -0.209. The van der Waals surface area contributed by atoms with Gasteiger partial charge in [0.05, 0.1) is 16.5 Å². The number of aliphatic hydroxyl groups excluding tert-OH is 1. The third-order valence-corrected chi connectivity index (χ3v) is 5.10. The monoisotopic (exact) mass is 368 g/mol. The standard InChI is InChI=1S/C15H13ClN2O5S/c16-10-3-1-9(2-4-10)13(19)8-17-24(21,22)11-5-6-12-14(7-11)23-15(20)18-12/h1-7,13,17,19H,8H2,(H,18,20). The highest BCUT2D eigenvalue weighted by Crippen LogP contribution is 2.19. The number of hydrogen-bond donors (Lipinski definition) is 3. The molecule has 0 saturated heterocycles. The Balaban J connectivity index is 1.77. The second-order valence-corrected chi connectivity index (χ2v) is 7.30. The number of oxazole rings is 1. The molecular weight excluding hydrogens is 356 g/mol. The Bertz CT molecular complexity index is 1020. The van der Waals surface area contributed by atoms with E-state index in [4.69, 9.17) is 16.0 Å². The van der Waals surface area contributed by atoms with E-state index in [1.54, 1.807) is 24.3 Å². The number of aromatic nitrogens is 1. The highest BCUT2D eigenvalue weighted by atomic mass is 35.5. The van der Waals surface area contributed by atoms with Crippen molar-refractivity contribution in [3.05, 3.63) is 63.6 Å². The van der Waals surface area contributed by atoms with Crippen molar-refractivity contribution in [2.45, 2.75) is 11.0 Å². The normalized spacial score (nSPS) is 13.2. The molecule has 1 unspecified atom stereocenters. The molecule has 3 N–H and O–H groups in total. The molecule has 2 aromatic carbocycles. The lowest BCUT2D eigenvalue weighted by Gasteiger charge is -2.12. The van der Waals surface area contributed by atoms with Crippen molar-refractivity contribution < 1.29 is 17.9 Å². The van der Waals surface area contributed by atoms with Crippen molar-refractivity contribution in [1.82, 2.24) is 9.71 Å². The maximum absolute atomic E-state index is 12.3. The van der Waals surface area contributed by atoms with Crippen molar-refractivity contribution in [3.8, 4) is 0 Å². The fourth-order valence-electron chi connectivity index (χ4n) is 2.17. The van der Waals surface area contributed by atoms with E-state index in [0.29, 0.717) is 16.1 Å². The second kappa shape index (κ2) is 6.40. The van der Waals surface area contributed by atoms with Crippen molar-refractivity contribution in [3.63, 3.8) is 0 Å². The van der Waals surface area contributed by atoms with Gasteiger partial charge < -0.3 is 9.52 Å². The third kappa shape index (κ3) is 3.51. The van der Waals surface area contributed by atoms with Crippen molar-refractivity contribution in [1.29, 1.82) is 0 Å². The molecule has 0 radical (unpaired) electrons. The minimum absolute atomic E-state index is 0.0685. The number of aromatic amines is 1. The van der Waals surface area contributed by atoms with Crippen LogP contribution in [0.2, 0.25) is 5.02 Å². The third-order valence-electron chi connectivity index (χ3n) is 3.42. The molecule has 0 aliphatic heterocycles. The predicted molar refractivity (Wildman–Crippen MR) is 88.4 cm³/mol. The largest absolute Gasteiger partial charge is 0.417 e. The van der Waals surface area contributed by atoms with Crippen LogP contribution in [0, 0.1) is 0 Å². The average Bonchev–Trinajstić information content (AvgIpc) is 2.92. The number of H-pyrrole nitrogens is 1. The number of benzene rings is 2. The molecular formula is C15H13ClN2O5S. The molecule has 7 nitrogen and oxygen atoms in total. The molecule has 126 valence electrons. The zero-order valence-corrected chi connectivity index (χ0v) is 13.8. The molecule has 1 atom stereocenters. The molecule has 0 amide bonds. The van der Waals surface area contributed by atoms with Crippen LogP contribution >= 0.6 is 11.6 Å². The van der Waals surface area contributed by atoms with Crippen LogP contribution in [0.1, 0.15) is 11.7 Å². The van der Waals surface area contributed by atoms with E-state index in [2.05, 4.69) is 9.71 Å². The van der Waals surface area contributed by atoms with E-state index < -0.39 is 21.9 Å². The Morgan fingerprint density at radius 3 is 2.62 bits per heavy atom. The molecule has 0 saturated carbocycles.